The maximum Gasteiger partial charge on any atom is 0.255 e. The average Bonchev–Trinajstić information content (AvgIpc) is 2.55. The molecule has 0 aliphatic carbocycles. The summed E-state index contributed by atoms with van der Waals surface area (Å²) in [4.78, 5) is 24.9. The minimum atomic E-state index is -0.524. The highest BCUT2D eigenvalue weighted by molar-refractivity contribution is 6.08. The van der Waals surface area contributed by atoms with E-state index < -0.39 is 5.60 Å². The molecule has 0 spiro atoms. The Morgan fingerprint density at radius 3 is 2.76 bits per heavy atom. The lowest BCUT2D eigenvalue weighted by atomic mass is 9.92. The van der Waals surface area contributed by atoms with Crippen molar-refractivity contribution in [1.82, 2.24) is 0 Å². The molecule has 2 aromatic carbocycles. The molecule has 0 fully saturated rings. The molecule has 2 aromatic rings. The Morgan fingerprint density at radius 1 is 1.24 bits per heavy atom. The summed E-state index contributed by atoms with van der Waals surface area (Å²) < 4.78 is 11.3. The lowest BCUT2D eigenvalue weighted by Gasteiger charge is -2.31. The van der Waals surface area contributed by atoms with E-state index in [2.05, 4.69) is 5.32 Å². The molecule has 0 saturated carbocycles. The molecular formula is C20H21NO4. The summed E-state index contributed by atoms with van der Waals surface area (Å²) in [5, 5.41) is 2.83. The number of carbonyl (C=O) groups is 2. The molecular weight excluding hydrogens is 318 g/mol. The summed E-state index contributed by atoms with van der Waals surface area (Å²) in [5.74, 6) is 0.813. The van der Waals surface area contributed by atoms with Crippen LogP contribution >= 0.6 is 0 Å². The van der Waals surface area contributed by atoms with Crippen LogP contribution < -0.4 is 14.8 Å². The highest BCUT2D eigenvalue weighted by Gasteiger charge is 2.32. The molecule has 1 aliphatic heterocycles. The molecule has 1 amide bonds. The summed E-state index contributed by atoms with van der Waals surface area (Å²) in [7, 11) is 0. The van der Waals surface area contributed by atoms with Gasteiger partial charge in [-0.05, 0) is 51.1 Å². The van der Waals surface area contributed by atoms with E-state index in [9.17, 15) is 9.59 Å². The van der Waals surface area contributed by atoms with Crippen LogP contribution in [0.5, 0.6) is 11.5 Å². The molecule has 0 radical (unpaired) electrons. The third-order valence-electron chi connectivity index (χ3n) is 3.95. The van der Waals surface area contributed by atoms with Gasteiger partial charge < -0.3 is 14.8 Å². The largest absolute Gasteiger partial charge is 0.492 e. The molecule has 130 valence electrons. The third kappa shape index (κ3) is 3.65. The number of benzene rings is 2. The Hall–Kier alpha value is -2.82. The van der Waals surface area contributed by atoms with Gasteiger partial charge in [-0.3, -0.25) is 9.59 Å². The lowest BCUT2D eigenvalue weighted by molar-refractivity contribution is 0.0620. The van der Waals surface area contributed by atoms with Crippen molar-refractivity contribution >= 4 is 17.4 Å². The highest BCUT2D eigenvalue weighted by atomic mass is 16.5. The summed E-state index contributed by atoms with van der Waals surface area (Å²) >= 11 is 0. The van der Waals surface area contributed by atoms with E-state index in [1.54, 1.807) is 30.3 Å². The first-order valence-electron chi connectivity index (χ1n) is 8.29. The van der Waals surface area contributed by atoms with E-state index in [4.69, 9.17) is 9.47 Å². The first-order chi connectivity index (χ1) is 11.9. The Balaban J connectivity index is 1.85. The molecule has 0 aromatic heterocycles. The molecule has 1 N–H and O–H groups in total. The number of ketones is 1. The van der Waals surface area contributed by atoms with Crippen LogP contribution in [0, 0.1) is 0 Å². The van der Waals surface area contributed by atoms with Crippen LogP contribution in [0.3, 0.4) is 0 Å². The zero-order valence-corrected chi connectivity index (χ0v) is 14.6. The number of Topliss-reactive ketones (excluding diaryl/α,β-unsaturated/α-hetero) is 1. The van der Waals surface area contributed by atoms with Gasteiger partial charge in [0.15, 0.2) is 5.78 Å². The van der Waals surface area contributed by atoms with E-state index >= 15 is 0 Å². The molecule has 1 aliphatic rings. The van der Waals surface area contributed by atoms with Crippen molar-refractivity contribution in [3.63, 3.8) is 0 Å². The van der Waals surface area contributed by atoms with Gasteiger partial charge in [0, 0.05) is 5.56 Å². The second kappa shape index (κ2) is 6.59. The average molecular weight is 339 g/mol. The van der Waals surface area contributed by atoms with E-state index in [0.29, 0.717) is 34.9 Å². The third-order valence-corrected chi connectivity index (χ3v) is 3.95. The van der Waals surface area contributed by atoms with Gasteiger partial charge in [0.1, 0.15) is 17.1 Å². The topological polar surface area (TPSA) is 64.6 Å². The van der Waals surface area contributed by atoms with Gasteiger partial charge in [-0.2, -0.15) is 0 Å². The number of hydrogen-bond donors (Lipinski definition) is 1. The van der Waals surface area contributed by atoms with E-state index in [1.807, 2.05) is 32.9 Å². The zero-order valence-electron chi connectivity index (χ0n) is 14.6. The van der Waals surface area contributed by atoms with Crippen LogP contribution in [0.2, 0.25) is 0 Å². The van der Waals surface area contributed by atoms with Crippen LogP contribution in [0.1, 0.15) is 47.9 Å². The minimum absolute atomic E-state index is 0.0179. The number of fused-ring (bicyclic) bond motifs is 1. The van der Waals surface area contributed by atoms with Crippen molar-refractivity contribution in [3.8, 4) is 11.5 Å². The van der Waals surface area contributed by atoms with Crippen LogP contribution in [0.15, 0.2) is 42.5 Å². The molecule has 25 heavy (non-hydrogen) atoms. The fraction of sp³-hybridized carbons (Fsp3) is 0.300. The Bertz CT molecular complexity index is 826. The van der Waals surface area contributed by atoms with Crippen molar-refractivity contribution in [2.45, 2.75) is 32.8 Å². The molecule has 0 unspecified atom stereocenters. The SMILES string of the molecule is CCOc1ccccc1NC(=O)c1ccc2c(c1)C(=O)CC(C)(C)O2. The van der Waals surface area contributed by atoms with Crippen molar-refractivity contribution in [1.29, 1.82) is 0 Å². The molecule has 1 heterocycles. The standard InChI is InChI=1S/C20H21NO4/c1-4-24-18-8-6-5-7-15(18)21-19(23)13-9-10-17-14(11-13)16(22)12-20(2,3)25-17/h5-11H,4,12H2,1-3H3,(H,21,23). The van der Waals surface area contributed by atoms with Crippen molar-refractivity contribution in [3.05, 3.63) is 53.6 Å². The smallest absolute Gasteiger partial charge is 0.255 e. The van der Waals surface area contributed by atoms with E-state index in [0.717, 1.165) is 0 Å². The number of amides is 1. The van der Waals surface area contributed by atoms with Crippen LogP contribution in [0.25, 0.3) is 0 Å². The van der Waals surface area contributed by atoms with Crippen LogP contribution in [-0.4, -0.2) is 23.9 Å². The number of hydrogen-bond acceptors (Lipinski definition) is 4. The van der Waals surface area contributed by atoms with Gasteiger partial charge >= 0.3 is 0 Å². The Labute approximate surface area is 147 Å². The number of ether oxygens (including phenoxy) is 2. The minimum Gasteiger partial charge on any atom is -0.492 e. The first kappa shape index (κ1) is 17.0. The van der Waals surface area contributed by atoms with Crippen molar-refractivity contribution in [2.24, 2.45) is 0 Å². The van der Waals surface area contributed by atoms with E-state index in [1.165, 1.54) is 0 Å². The molecule has 0 saturated heterocycles. The molecule has 0 bridgehead atoms. The molecule has 3 rings (SSSR count). The van der Waals surface area contributed by atoms with Gasteiger partial charge in [-0.25, -0.2) is 0 Å². The fourth-order valence-electron chi connectivity index (χ4n) is 2.84. The van der Waals surface area contributed by atoms with Gasteiger partial charge in [-0.15, -0.1) is 0 Å². The predicted molar refractivity (Wildman–Crippen MR) is 95.7 cm³/mol. The monoisotopic (exact) mass is 339 g/mol. The number of nitrogens with one attached hydrogen (secondary N) is 1. The van der Waals surface area contributed by atoms with Crippen molar-refractivity contribution < 1.29 is 19.1 Å². The summed E-state index contributed by atoms with van der Waals surface area (Å²) in [6.07, 6.45) is 0.290. The maximum atomic E-state index is 12.6. The summed E-state index contributed by atoms with van der Waals surface area (Å²) in [6, 6.07) is 12.2. The van der Waals surface area contributed by atoms with Crippen LogP contribution in [-0.2, 0) is 0 Å². The van der Waals surface area contributed by atoms with Gasteiger partial charge in [0.25, 0.3) is 5.91 Å². The lowest BCUT2D eigenvalue weighted by Crippen LogP contribution is -2.36. The molecule has 5 nitrogen and oxygen atoms in total. The second-order valence-electron chi connectivity index (χ2n) is 6.56. The van der Waals surface area contributed by atoms with Crippen LogP contribution in [0.4, 0.5) is 5.69 Å². The molecule has 0 atom stereocenters. The Kier molecular flexibility index (Phi) is 4.49. The first-order valence-corrected chi connectivity index (χ1v) is 8.29. The van der Waals surface area contributed by atoms with Gasteiger partial charge in [0.05, 0.1) is 24.3 Å². The number of anilines is 1. The predicted octanol–water partition coefficient (Wildman–Crippen LogP) is 4.08. The van der Waals surface area contributed by atoms with Crippen molar-refractivity contribution in [2.75, 3.05) is 11.9 Å². The number of rotatable bonds is 4. The fourth-order valence-corrected chi connectivity index (χ4v) is 2.84. The summed E-state index contributed by atoms with van der Waals surface area (Å²) in [6.45, 7) is 6.14. The normalized spacial score (nSPS) is 15.1. The quantitative estimate of drug-likeness (QED) is 0.911. The maximum absolute atomic E-state index is 12.6. The highest BCUT2D eigenvalue weighted by Crippen LogP contribution is 2.34. The van der Waals surface area contributed by atoms with E-state index in [-0.39, 0.29) is 18.1 Å². The zero-order chi connectivity index (χ0) is 18.0. The second-order valence-corrected chi connectivity index (χ2v) is 6.56. The molecule has 5 heteroatoms. The Morgan fingerprint density at radius 2 is 2.00 bits per heavy atom. The summed E-state index contributed by atoms with van der Waals surface area (Å²) in [5.41, 5.74) is 0.923. The number of carbonyl (C=O) groups excluding carboxylic acids is 2. The van der Waals surface area contributed by atoms with Gasteiger partial charge in [-0.1, -0.05) is 12.1 Å². The number of para-hydroxylation sites is 2. The van der Waals surface area contributed by atoms with Gasteiger partial charge in [0.2, 0.25) is 0 Å².